The van der Waals surface area contributed by atoms with Gasteiger partial charge in [-0.1, -0.05) is 18.2 Å². The fourth-order valence-corrected chi connectivity index (χ4v) is 3.84. The summed E-state index contributed by atoms with van der Waals surface area (Å²) in [6.45, 7) is 2.05. The number of hydrogen-bond donors (Lipinski definition) is 3. The number of carbonyl (C=O) groups is 1. The Bertz CT molecular complexity index is 1200. The van der Waals surface area contributed by atoms with Gasteiger partial charge >= 0.3 is 5.97 Å². The maximum absolute atomic E-state index is 13.5. The van der Waals surface area contributed by atoms with E-state index in [-0.39, 0.29) is 35.0 Å². The molecule has 0 radical (unpaired) electrons. The molecule has 0 bridgehead atoms. The molecule has 3 aromatic rings. The Morgan fingerprint density at radius 1 is 1.00 bits per heavy atom. The molecule has 0 amide bonds. The lowest BCUT2D eigenvalue weighted by Gasteiger charge is -2.21. The lowest BCUT2D eigenvalue weighted by atomic mass is 9.88. The highest BCUT2D eigenvalue weighted by molar-refractivity contribution is 5.71. The average molecular weight is 453 g/mol. The largest absolute Gasteiger partial charge is 0.508 e. The number of pyridine rings is 1. The number of methoxy groups -OCH3 is 2. The molecule has 0 aliphatic rings. The molecular formula is C25H27NO7. The number of esters is 1. The molecule has 33 heavy (non-hydrogen) atoms. The van der Waals surface area contributed by atoms with Crippen LogP contribution in [-0.2, 0) is 22.5 Å². The maximum Gasteiger partial charge on any atom is 0.306 e. The molecule has 3 rings (SSSR count). The molecule has 0 aliphatic carbocycles. The fraction of sp³-hybridized carbons (Fsp3) is 0.280. The summed E-state index contributed by atoms with van der Waals surface area (Å²) in [6, 6.07) is 12.8. The van der Waals surface area contributed by atoms with Crippen molar-refractivity contribution in [3.8, 4) is 23.0 Å². The van der Waals surface area contributed by atoms with E-state index in [1.165, 1.54) is 37.0 Å². The molecule has 3 N–H and O–H groups in total. The third kappa shape index (κ3) is 5.28. The minimum atomic E-state index is -0.845. The van der Waals surface area contributed by atoms with Gasteiger partial charge in [0, 0.05) is 18.2 Å². The van der Waals surface area contributed by atoms with Crippen LogP contribution in [0.3, 0.4) is 0 Å². The molecule has 2 aromatic carbocycles. The Morgan fingerprint density at radius 2 is 1.70 bits per heavy atom. The highest BCUT2D eigenvalue weighted by Crippen LogP contribution is 2.36. The van der Waals surface area contributed by atoms with E-state index in [2.05, 4.69) is 0 Å². The molecule has 8 heteroatoms. The third-order valence-corrected chi connectivity index (χ3v) is 5.64. The van der Waals surface area contributed by atoms with Gasteiger partial charge in [0.15, 0.2) is 11.5 Å². The highest BCUT2D eigenvalue weighted by Gasteiger charge is 2.27. The van der Waals surface area contributed by atoms with Gasteiger partial charge in [-0.05, 0) is 54.8 Å². The smallest absolute Gasteiger partial charge is 0.306 e. The summed E-state index contributed by atoms with van der Waals surface area (Å²) < 4.78 is 11.4. The normalized spacial score (nSPS) is 11.7. The Morgan fingerprint density at radius 3 is 2.30 bits per heavy atom. The van der Waals surface area contributed by atoms with Crippen LogP contribution in [-0.4, -0.2) is 40.1 Å². The molecule has 0 aliphatic heterocycles. The minimum absolute atomic E-state index is 0.0428. The molecule has 1 aromatic heterocycles. The Balaban J connectivity index is 2.06. The number of aryl methyl sites for hydroxylation is 2. The number of phenolic OH excluding ortho intramolecular Hbond substituents is 2. The quantitative estimate of drug-likeness (QED) is 0.448. The lowest BCUT2D eigenvalue weighted by Crippen LogP contribution is -2.29. The third-order valence-electron chi connectivity index (χ3n) is 5.64. The minimum Gasteiger partial charge on any atom is -0.508 e. The second-order valence-electron chi connectivity index (χ2n) is 7.72. The van der Waals surface area contributed by atoms with Gasteiger partial charge in [0.2, 0.25) is 0 Å². The summed E-state index contributed by atoms with van der Waals surface area (Å²) in [5.74, 6) is -1.39. The Labute approximate surface area is 191 Å². The molecule has 174 valence electrons. The SMILES string of the molecule is COC(=O)CC(c1ccc(OC)c(O)c1)c1c(O)cc(C)n(CCc2ccc(O)cc2)c1=O. The van der Waals surface area contributed by atoms with Crippen molar-refractivity contribution >= 4 is 5.97 Å². The van der Waals surface area contributed by atoms with Gasteiger partial charge in [-0.15, -0.1) is 0 Å². The number of carbonyl (C=O) groups excluding carboxylic acids is 1. The van der Waals surface area contributed by atoms with Crippen LogP contribution in [0.5, 0.6) is 23.0 Å². The number of hydrogen-bond acceptors (Lipinski definition) is 7. The van der Waals surface area contributed by atoms with E-state index >= 15 is 0 Å². The standard InChI is InChI=1S/C25H27NO7/c1-15-12-21(29)24(25(31)26(15)11-10-16-4-7-18(27)8-5-16)19(14-23(30)33-3)17-6-9-22(32-2)20(28)13-17/h4-9,12-13,19,27-29H,10-11,14H2,1-3H3. The summed E-state index contributed by atoms with van der Waals surface area (Å²) in [6.07, 6.45) is 0.322. The fourth-order valence-electron chi connectivity index (χ4n) is 3.84. The zero-order valence-electron chi connectivity index (χ0n) is 18.7. The van der Waals surface area contributed by atoms with Gasteiger partial charge in [0.05, 0.1) is 26.2 Å². The van der Waals surface area contributed by atoms with E-state index in [0.29, 0.717) is 24.2 Å². The number of ether oxygens (including phenoxy) is 2. The van der Waals surface area contributed by atoms with E-state index in [9.17, 15) is 24.9 Å². The summed E-state index contributed by atoms with van der Waals surface area (Å²) in [7, 11) is 2.66. The van der Waals surface area contributed by atoms with E-state index in [4.69, 9.17) is 9.47 Å². The predicted octanol–water partition coefficient (Wildman–Crippen LogP) is 3.22. The monoisotopic (exact) mass is 453 g/mol. The summed E-state index contributed by atoms with van der Waals surface area (Å²) in [5, 5.41) is 30.4. The topological polar surface area (TPSA) is 118 Å². The van der Waals surface area contributed by atoms with Crippen molar-refractivity contribution in [1.82, 2.24) is 4.57 Å². The molecule has 0 spiro atoms. The maximum atomic E-state index is 13.5. The number of nitrogens with zero attached hydrogens (tertiary/aromatic N) is 1. The van der Waals surface area contributed by atoms with E-state index in [0.717, 1.165) is 5.56 Å². The first-order valence-electron chi connectivity index (χ1n) is 10.4. The summed E-state index contributed by atoms with van der Waals surface area (Å²) in [4.78, 5) is 25.7. The van der Waals surface area contributed by atoms with Gasteiger partial charge in [0.1, 0.15) is 11.5 Å². The molecular weight excluding hydrogens is 426 g/mol. The van der Waals surface area contributed by atoms with Crippen molar-refractivity contribution in [2.45, 2.75) is 32.2 Å². The zero-order valence-corrected chi connectivity index (χ0v) is 18.7. The lowest BCUT2D eigenvalue weighted by molar-refractivity contribution is -0.140. The van der Waals surface area contributed by atoms with Crippen LogP contribution >= 0.6 is 0 Å². The number of benzene rings is 2. The van der Waals surface area contributed by atoms with Crippen LogP contribution < -0.4 is 10.3 Å². The van der Waals surface area contributed by atoms with Gasteiger partial charge in [0.25, 0.3) is 5.56 Å². The van der Waals surface area contributed by atoms with Crippen molar-refractivity contribution in [3.63, 3.8) is 0 Å². The molecule has 1 atom stereocenters. The number of phenols is 2. The first kappa shape index (κ1) is 23.7. The molecule has 8 nitrogen and oxygen atoms in total. The van der Waals surface area contributed by atoms with E-state index < -0.39 is 17.4 Å². The molecule has 1 heterocycles. The van der Waals surface area contributed by atoms with Crippen LogP contribution in [0.4, 0.5) is 0 Å². The molecule has 1 unspecified atom stereocenters. The Kier molecular flexibility index (Phi) is 7.27. The molecule has 0 fully saturated rings. The van der Waals surface area contributed by atoms with Crippen molar-refractivity contribution in [1.29, 1.82) is 0 Å². The molecule has 0 saturated carbocycles. The van der Waals surface area contributed by atoms with E-state index in [1.807, 2.05) is 0 Å². The van der Waals surface area contributed by atoms with Gasteiger partial charge < -0.3 is 29.4 Å². The van der Waals surface area contributed by atoms with Gasteiger partial charge in [-0.3, -0.25) is 9.59 Å². The summed E-state index contributed by atoms with van der Waals surface area (Å²) in [5.41, 5.74) is 1.56. The first-order valence-corrected chi connectivity index (χ1v) is 10.4. The van der Waals surface area contributed by atoms with Gasteiger partial charge in [-0.25, -0.2) is 0 Å². The van der Waals surface area contributed by atoms with Gasteiger partial charge in [-0.2, -0.15) is 0 Å². The zero-order chi connectivity index (χ0) is 24.1. The number of aromatic nitrogens is 1. The van der Waals surface area contributed by atoms with Crippen LogP contribution in [0.15, 0.2) is 53.3 Å². The average Bonchev–Trinajstić information content (AvgIpc) is 2.79. The second kappa shape index (κ2) is 10.1. The van der Waals surface area contributed by atoms with Crippen LogP contribution in [0.25, 0.3) is 0 Å². The van der Waals surface area contributed by atoms with Crippen molar-refractivity contribution in [3.05, 3.63) is 81.3 Å². The van der Waals surface area contributed by atoms with E-state index in [1.54, 1.807) is 37.3 Å². The van der Waals surface area contributed by atoms with Crippen LogP contribution in [0, 0.1) is 6.92 Å². The predicted molar refractivity (Wildman–Crippen MR) is 122 cm³/mol. The number of aromatic hydroxyl groups is 3. The summed E-state index contributed by atoms with van der Waals surface area (Å²) >= 11 is 0. The van der Waals surface area contributed by atoms with Crippen molar-refractivity contribution in [2.75, 3.05) is 14.2 Å². The van der Waals surface area contributed by atoms with Crippen molar-refractivity contribution < 1.29 is 29.6 Å². The molecule has 0 saturated heterocycles. The number of rotatable bonds is 8. The first-order chi connectivity index (χ1) is 15.7. The van der Waals surface area contributed by atoms with Crippen LogP contribution in [0.1, 0.15) is 34.7 Å². The highest BCUT2D eigenvalue weighted by atomic mass is 16.5. The van der Waals surface area contributed by atoms with Crippen LogP contribution in [0.2, 0.25) is 0 Å². The Hall–Kier alpha value is -3.94. The van der Waals surface area contributed by atoms with Crippen molar-refractivity contribution in [2.24, 2.45) is 0 Å². The second-order valence-corrected chi connectivity index (χ2v) is 7.72.